The lowest BCUT2D eigenvalue weighted by atomic mass is 10.1. The molecule has 3 aromatic carbocycles. The van der Waals surface area contributed by atoms with Crippen LogP contribution in [0.2, 0.25) is 0 Å². The van der Waals surface area contributed by atoms with Crippen LogP contribution >= 0.6 is 43.6 Å². The molecule has 1 aliphatic rings. The first kappa shape index (κ1) is 23.6. The molecule has 8 heteroatoms. The average Bonchev–Trinajstić information content (AvgIpc) is 3.12. The van der Waals surface area contributed by atoms with E-state index in [0.29, 0.717) is 34.8 Å². The van der Waals surface area contributed by atoms with Crippen LogP contribution in [-0.2, 0) is 11.4 Å². The van der Waals surface area contributed by atoms with Gasteiger partial charge in [-0.3, -0.25) is 4.79 Å². The first-order valence-corrected chi connectivity index (χ1v) is 12.6. The minimum Gasteiger partial charge on any atom is -0.490 e. The van der Waals surface area contributed by atoms with Crippen molar-refractivity contribution in [3.8, 4) is 11.5 Å². The van der Waals surface area contributed by atoms with Crippen LogP contribution in [0.25, 0.3) is 6.08 Å². The van der Waals surface area contributed by atoms with Gasteiger partial charge in [-0.15, -0.1) is 0 Å². The third-order valence-corrected chi connectivity index (χ3v) is 6.54. The molecule has 0 atom stereocenters. The van der Waals surface area contributed by atoms with Crippen molar-refractivity contribution in [2.45, 2.75) is 13.5 Å². The zero-order valence-electron chi connectivity index (χ0n) is 17.7. The molecule has 33 heavy (non-hydrogen) atoms. The maximum absolute atomic E-state index is 12.5. The zero-order chi connectivity index (χ0) is 23.2. The Kier molecular flexibility index (Phi) is 7.90. The van der Waals surface area contributed by atoms with Gasteiger partial charge in [-0.05, 0) is 82.2 Å². The Bertz CT molecular complexity index is 1230. The minimum absolute atomic E-state index is 0.188. The van der Waals surface area contributed by atoms with Gasteiger partial charge in [-0.25, -0.2) is 4.99 Å². The second-order valence-electron chi connectivity index (χ2n) is 7.00. The van der Waals surface area contributed by atoms with E-state index in [1.807, 2.05) is 79.7 Å². The van der Waals surface area contributed by atoms with Crippen molar-refractivity contribution < 1.29 is 14.3 Å². The van der Waals surface area contributed by atoms with Gasteiger partial charge in [0.1, 0.15) is 6.61 Å². The molecule has 0 spiro atoms. The van der Waals surface area contributed by atoms with E-state index in [-0.39, 0.29) is 5.91 Å². The Hall–Kier alpha value is -2.55. The number of carbonyl (C=O) groups excluding carboxylic acids is 1. The molecule has 1 heterocycles. The Morgan fingerprint density at radius 3 is 2.61 bits per heavy atom. The number of halogens is 2. The van der Waals surface area contributed by atoms with E-state index < -0.39 is 0 Å². The number of carbonyl (C=O) groups is 1. The Labute approximate surface area is 213 Å². The number of nitrogens with one attached hydrogen (secondary N) is 1. The number of benzene rings is 3. The van der Waals surface area contributed by atoms with Crippen molar-refractivity contribution in [3.63, 3.8) is 0 Å². The van der Waals surface area contributed by atoms with E-state index in [0.717, 1.165) is 25.8 Å². The summed E-state index contributed by atoms with van der Waals surface area (Å²) in [5.41, 5.74) is 2.64. The van der Waals surface area contributed by atoms with Gasteiger partial charge in [0.15, 0.2) is 16.7 Å². The summed E-state index contributed by atoms with van der Waals surface area (Å²) >= 11 is 8.33. The van der Waals surface area contributed by atoms with Gasteiger partial charge in [0.05, 0.1) is 21.7 Å². The number of amides is 1. The molecule has 1 fully saturated rings. The average molecular weight is 588 g/mol. The highest BCUT2D eigenvalue weighted by Crippen LogP contribution is 2.39. The third-order valence-electron chi connectivity index (χ3n) is 4.55. The number of aliphatic imine (C=N–C) groups is 1. The van der Waals surface area contributed by atoms with Gasteiger partial charge in [-0.2, -0.15) is 0 Å². The lowest BCUT2D eigenvalue weighted by Gasteiger charge is -2.15. The number of amidine groups is 1. The smallest absolute Gasteiger partial charge is 0.264 e. The van der Waals surface area contributed by atoms with Crippen LogP contribution in [0, 0.1) is 0 Å². The molecule has 1 aliphatic heterocycles. The fourth-order valence-corrected chi connectivity index (χ4v) is 4.90. The maximum Gasteiger partial charge on any atom is 0.264 e. The molecule has 1 N–H and O–H groups in total. The van der Waals surface area contributed by atoms with Crippen molar-refractivity contribution >= 4 is 66.5 Å². The van der Waals surface area contributed by atoms with Crippen LogP contribution in [0.15, 0.2) is 85.6 Å². The molecule has 3 aromatic rings. The number of rotatable bonds is 7. The molecule has 1 saturated heterocycles. The van der Waals surface area contributed by atoms with Crippen LogP contribution < -0.4 is 14.8 Å². The highest BCUT2D eigenvalue weighted by atomic mass is 79.9. The van der Waals surface area contributed by atoms with Crippen LogP contribution in [0.4, 0.5) is 5.69 Å². The molecule has 0 unspecified atom stereocenters. The number of ether oxygens (including phenoxy) is 2. The Morgan fingerprint density at radius 2 is 1.85 bits per heavy atom. The summed E-state index contributed by atoms with van der Waals surface area (Å²) in [6.07, 6.45) is 1.82. The molecule has 4 rings (SSSR count). The van der Waals surface area contributed by atoms with Crippen molar-refractivity contribution in [2.75, 3.05) is 6.61 Å². The third kappa shape index (κ3) is 6.28. The lowest BCUT2D eigenvalue weighted by Crippen LogP contribution is -2.19. The van der Waals surface area contributed by atoms with Gasteiger partial charge < -0.3 is 14.8 Å². The zero-order valence-corrected chi connectivity index (χ0v) is 21.7. The second kappa shape index (κ2) is 11.0. The summed E-state index contributed by atoms with van der Waals surface area (Å²) in [6.45, 7) is 2.84. The van der Waals surface area contributed by atoms with E-state index in [9.17, 15) is 4.79 Å². The van der Waals surface area contributed by atoms with Crippen molar-refractivity contribution in [3.05, 3.63) is 91.7 Å². The first-order chi connectivity index (χ1) is 16.0. The fraction of sp³-hybridized carbons (Fsp3) is 0.120. The summed E-state index contributed by atoms with van der Waals surface area (Å²) in [7, 11) is 0. The predicted octanol–water partition coefficient (Wildman–Crippen LogP) is 7.08. The van der Waals surface area contributed by atoms with E-state index >= 15 is 0 Å². The maximum atomic E-state index is 12.5. The topological polar surface area (TPSA) is 59.9 Å². The van der Waals surface area contributed by atoms with Crippen LogP contribution in [0.1, 0.15) is 18.1 Å². The summed E-state index contributed by atoms with van der Waals surface area (Å²) in [6, 6.07) is 21.3. The number of hydrogen-bond donors (Lipinski definition) is 1. The van der Waals surface area contributed by atoms with Crippen molar-refractivity contribution in [1.82, 2.24) is 5.32 Å². The number of thioether (sulfide) groups is 1. The van der Waals surface area contributed by atoms with E-state index in [1.54, 1.807) is 0 Å². The lowest BCUT2D eigenvalue weighted by molar-refractivity contribution is -0.115. The fourth-order valence-electron chi connectivity index (χ4n) is 3.10. The van der Waals surface area contributed by atoms with Crippen LogP contribution in [0.3, 0.4) is 0 Å². The second-order valence-corrected chi connectivity index (χ2v) is 9.80. The van der Waals surface area contributed by atoms with E-state index in [1.165, 1.54) is 11.8 Å². The van der Waals surface area contributed by atoms with Gasteiger partial charge in [0.2, 0.25) is 0 Å². The standard InChI is InChI=1S/C25H20Br2N2O3S/c1-2-31-21-12-17(11-20(27)23(21)32-15-16-7-4-3-5-8-16)13-22-24(30)29-25(33-22)28-19-10-6-9-18(26)14-19/h3-14H,2,15H2,1H3,(H,28,29,30)/b22-13-. The summed E-state index contributed by atoms with van der Waals surface area (Å²) < 4.78 is 13.6. The molecular weight excluding hydrogens is 568 g/mol. The highest BCUT2D eigenvalue weighted by molar-refractivity contribution is 9.10. The molecule has 0 radical (unpaired) electrons. The van der Waals surface area contributed by atoms with Gasteiger partial charge in [0, 0.05) is 4.47 Å². The van der Waals surface area contributed by atoms with E-state index in [2.05, 4.69) is 42.2 Å². The van der Waals surface area contributed by atoms with Crippen molar-refractivity contribution in [2.24, 2.45) is 4.99 Å². The molecule has 1 amide bonds. The highest BCUT2D eigenvalue weighted by Gasteiger charge is 2.24. The summed E-state index contributed by atoms with van der Waals surface area (Å²) in [4.78, 5) is 17.6. The number of hydrogen-bond acceptors (Lipinski definition) is 5. The Balaban J connectivity index is 1.56. The Morgan fingerprint density at radius 1 is 1.03 bits per heavy atom. The van der Waals surface area contributed by atoms with Gasteiger partial charge in [0.25, 0.3) is 5.91 Å². The molecule has 5 nitrogen and oxygen atoms in total. The molecule has 0 bridgehead atoms. The SMILES string of the molecule is CCOc1cc(/C=C2\SC(=Nc3cccc(Br)c3)NC2=O)cc(Br)c1OCc1ccccc1. The molecule has 0 aliphatic carbocycles. The molecule has 168 valence electrons. The molecule has 0 aromatic heterocycles. The molecular formula is C25H20Br2N2O3S. The van der Waals surface area contributed by atoms with Crippen LogP contribution in [0.5, 0.6) is 11.5 Å². The van der Waals surface area contributed by atoms with Gasteiger partial charge >= 0.3 is 0 Å². The van der Waals surface area contributed by atoms with E-state index in [4.69, 9.17) is 9.47 Å². The monoisotopic (exact) mass is 586 g/mol. The quantitative estimate of drug-likeness (QED) is 0.300. The largest absolute Gasteiger partial charge is 0.490 e. The van der Waals surface area contributed by atoms with Crippen molar-refractivity contribution in [1.29, 1.82) is 0 Å². The first-order valence-electron chi connectivity index (χ1n) is 10.2. The van der Waals surface area contributed by atoms with Crippen LogP contribution in [-0.4, -0.2) is 17.7 Å². The summed E-state index contributed by atoms with van der Waals surface area (Å²) in [5, 5.41) is 3.36. The summed E-state index contributed by atoms with van der Waals surface area (Å²) in [5.74, 6) is 1.05. The van der Waals surface area contributed by atoms with Gasteiger partial charge in [-0.1, -0.05) is 52.3 Å². The number of nitrogens with zero attached hydrogens (tertiary/aromatic N) is 1. The predicted molar refractivity (Wildman–Crippen MR) is 141 cm³/mol. The minimum atomic E-state index is -0.188. The molecule has 0 saturated carbocycles. The normalized spacial score (nSPS) is 15.7.